The molecule has 0 spiro atoms. The van der Waals surface area contributed by atoms with Crippen LogP contribution in [0.25, 0.3) is 11.4 Å². The fraction of sp³-hybridized carbons (Fsp3) is 0.308. The van der Waals surface area contributed by atoms with Gasteiger partial charge in [-0.3, -0.25) is 4.79 Å². The predicted octanol–water partition coefficient (Wildman–Crippen LogP) is 1.61. The zero-order valence-electron chi connectivity index (χ0n) is 10.6. The van der Waals surface area contributed by atoms with Crippen LogP contribution in [-0.4, -0.2) is 27.8 Å². The van der Waals surface area contributed by atoms with E-state index < -0.39 is 5.97 Å². The molecule has 2 aromatic rings. The molecule has 2 rings (SSSR count). The predicted molar refractivity (Wildman–Crippen MR) is 68.4 cm³/mol. The SMILES string of the molecule is Cc1ccccc1-c1noc(CNCCC(=O)O)n1. The summed E-state index contributed by atoms with van der Waals surface area (Å²) in [7, 11) is 0. The standard InChI is InChI=1S/C13H15N3O3/c1-9-4-2-3-5-10(9)13-15-11(19-16-13)8-14-7-6-12(17)18/h2-5,14H,6-8H2,1H3,(H,17,18). The number of nitrogens with one attached hydrogen (secondary N) is 1. The Morgan fingerprint density at radius 3 is 2.95 bits per heavy atom. The van der Waals surface area contributed by atoms with Gasteiger partial charge < -0.3 is 14.9 Å². The first-order valence-electron chi connectivity index (χ1n) is 5.98. The van der Waals surface area contributed by atoms with E-state index >= 15 is 0 Å². The van der Waals surface area contributed by atoms with Crippen molar-refractivity contribution in [3.05, 3.63) is 35.7 Å². The van der Waals surface area contributed by atoms with Crippen molar-refractivity contribution in [3.63, 3.8) is 0 Å². The Morgan fingerprint density at radius 2 is 2.21 bits per heavy atom. The van der Waals surface area contributed by atoms with Crippen molar-refractivity contribution < 1.29 is 14.4 Å². The van der Waals surface area contributed by atoms with Crippen LogP contribution >= 0.6 is 0 Å². The molecule has 0 amide bonds. The molecule has 0 fully saturated rings. The maximum atomic E-state index is 10.3. The van der Waals surface area contributed by atoms with E-state index in [1.807, 2.05) is 31.2 Å². The van der Waals surface area contributed by atoms with Gasteiger partial charge >= 0.3 is 5.97 Å². The van der Waals surface area contributed by atoms with Gasteiger partial charge in [0.25, 0.3) is 0 Å². The molecule has 100 valence electrons. The number of aryl methyl sites for hydroxylation is 1. The summed E-state index contributed by atoms with van der Waals surface area (Å²) in [5, 5.41) is 15.4. The zero-order chi connectivity index (χ0) is 13.7. The molecule has 0 aliphatic rings. The number of benzene rings is 1. The van der Waals surface area contributed by atoms with Crippen LogP contribution in [0.2, 0.25) is 0 Å². The lowest BCUT2D eigenvalue weighted by atomic mass is 10.1. The number of carboxylic acid groups (broad SMARTS) is 1. The molecule has 1 heterocycles. The Bertz CT molecular complexity index is 566. The molecule has 0 saturated carbocycles. The number of nitrogens with zero attached hydrogens (tertiary/aromatic N) is 2. The molecule has 0 bridgehead atoms. The minimum absolute atomic E-state index is 0.0682. The van der Waals surface area contributed by atoms with E-state index in [-0.39, 0.29) is 6.42 Å². The van der Waals surface area contributed by atoms with Crippen LogP contribution in [-0.2, 0) is 11.3 Å². The van der Waals surface area contributed by atoms with Crippen LogP contribution in [0.5, 0.6) is 0 Å². The normalized spacial score (nSPS) is 10.6. The zero-order valence-corrected chi connectivity index (χ0v) is 10.6. The quantitative estimate of drug-likeness (QED) is 0.768. The average molecular weight is 261 g/mol. The van der Waals surface area contributed by atoms with E-state index in [0.29, 0.717) is 24.8 Å². The number of carboxylic acids is 1. The van der Waals surface area contributed by atoms with E-state index in [2.05, 4.69) is 15.5 Å². The molecule has 2 N–H and O–H groups in total. The van der Waals surface area contributed by atoms with Gasteiger partial charge in [0, 0.05) is 12.1 Å². The smallest absolute Gasteiger partial charge is 0.304 e. The molecule has 0 aliphatic carbocycles. The largest absolute Gasteiger partial charge is 0.481 e. The summed E-state index contributed by atoms with van der Waals surface area (Å²) >= 11 is 0. The first kappa shape index (κ1) is 13.2. The summed E-state index contributed by atoms with van der Waals surface area (Å²) < 4.78 is 5.11. The summed E-state index contributed by atoms with van der Waals surface area (Å²) in [4.78, 5) is 14.6. The first-order chi connectivity index (χ1) is 9.16. The summed E-state index contributed by atoms with van der Waals surface area (Å²) in [5.74, 6) is 0.162. The van der Waals surface area contributed by atoms with Gasteiger partial charge in [-0.25, -0.2) is 0 Å². The van der Waals surface area contributed by atoms with E-state index in [0.717, 1.165) is 11.1 Å². The number of hydrogen-bond donors (Lipinski definition) is 2. The van der Waals surface area contributed by atoms with Crippen molar-refractivity contribution in [3.8, 4) is 11.4 Å². The highest BCUT2D eigenvalue weighted by atomic mass is 16.5. The third kappa shape index (κ3) is 3.62. The maximum Gasteiger partial charge on any atom is 0.304 e. The highest BCUT2D eigenvalue weighted by molar-refractivity contribution is 5.66. The van der Waals surface area contributed by atoms with Gasteiger partial charge in [0.15, 0.2) is 0 Å². The van der Waals surface area contributed by atoms with Crippen LogP contribution < -0.4 is 5.32 Å². The summed E-state index contributed by atoms with van der Waals surface area (Å²) in [6.45, 7) is 2.72. The van der Waals surface area contributed by atoms with E-state index in [1.54, 1.807) is 0 Å². The number of carbonyl (C=O) groups is 1. The second kappa shape index (κ2) is 6.10. The van der Waals surface area contributed by atoms with Gasteiger partial charge in [-0.05, 0) is 12.5 Å². The van der Waals surface area contributed by atoms with Crippen molar-refractivity contribution in [2.45, 2.75) is 19.9 Å². The maximum absolute atomic E-state index is 10.3. The second-order valence-corrected chi connectivity index (χ2v) is 4.15. The van der Waals surface area contributed by atoms with Crippen LogP contribution in [0.4, 0.5) is 0 Å². The molecule has 0 aliphatic heterocycles. The molecule has 1 aromatic carbocycles. The Kier molecular flexibility index (Phi) is 4.25. The average Bonchev–Trinajstić information content (AvgIpc) is 2.83. The fourth-order valence-electron chi connectivity index (χ4n) is 1.65. The number of hydrogen-bond acceptors (Lipinski definition) is 5. The number of rotatable bonds is 6. The van der Waals surface area contributed by atoms with Crippen molar-refractivity contribution in [1.29, 1.82) is 0 Å². The first-order valence-corrected chi connectivity index (χ1v) is 5.98. The topological polar surface area (TPSA) is 88.2 Å². The van der Waals surface area contributed by atoms with Gasteiger partial charge in [-0.15, -0.1) is 0 Å². The van der Waals surface area contributed by atoms with Crippen molar-refractivity contribution in [2.75, 3.05) is 6.54 Å². The molecule has 6 nitrogen and oxygen atoms in total. The second-order valence-electron chi connectivity index (χ2n) is 4.15. The van der Waals surface area contributed by atoms with Crippen LogP contribution in [0.3, 0.4) is 0 Å². The van der Waals surface area contributed by atoms with E-state index in [1.165, 1.54) is 0 Å². The lowest BCUT2D eigenvalue weighted by Crippen LogP contribution is -2.17. The third-order valence-corrected chi connectivity index (χ3v) is 2.65. The van der Waals surface area contributed by atoms with Crippen molar-refractivity contribution >= 4 is 5.97 Å². The van der Waals surface area contributed by atoms with Crippen molar-refractivity contribution in [2.24, 2.45) is 0 Å². The molecule has 0 atom stereocenters. The molecule has 19 heavy (non-hydrogen) atoms. The Balaban J connectivity index is 1.96. The monoisotopic (exact) mass is 261 g/mol. The highest BCUT2D eigenvalue weighted by Crippen LogP contribution is 2.19. The highest BCUT2D eigenvalue weighted by Gasteiger charge is 2.09. The molecule has 1 aromatic heterocycles. The Morgan fingerprint density at radius 1 is 1.42 bits per heavy atom. The van der Waals surface area contributed by atoms with Gasteiger partial charge in [0.05, 0.1) is 13.0 Å². The molecule has 0 radical (unpaired) electrons. The summed E-state index contributed by atoms with van der Waals surface area (Å²) in [6, 6.07) is 7.79. The Hall–Kier alpha value is -2.21. The molecule has 0 unspecified atom stereocenters. The molecule has 0 saturated heterocycles. The number of aromatic nitrogens is 2. The van der Waals surface area contributed by atoms with Crippen molar-refractivity contribution in [1.82, 2.24) is 15.5 Å². The van der Waals surface area contributed by atoms with E-state index in [4.69, 9.17) is 9.63 Å². The van der Waals surface area contributed by atoms with Gasteiger partial charge in [-0.2, -0.15) is 4.98 Å². The number of aliphatic carboxylic acids is 1. The van der Waals surface area contributed by atoms with E-state index in [9.17, 15) is 4.79 Å². The lowest BCUT2D eigenvalue weighted by Gasteiger charge is -1.98. The molecule has 6 heteroatoms. The Labute approximate surface area is 110 Å². The summed E-state index contributed by atoms with van der Waals surface area (Å²) in [6.07, 6.45) is 0.0682. The molecular formula is C13H15N3O3. The van der Waals surface area contributed by atoms with Crippen LogP contribution in [0, 0.1) is 6.92 Å². The lowest BCUT2D eigenvalue weighted by molar-refractivity contribution is -0.136. The van der Waals surface area contributed by atoms with Gasteiger partial charge in [0.2, 0.25) is 11.7 Å². The minimum Gasteiger partial charge on any atom is -0.481 e. The fourth-order valence-corrected chi connectivity index (χ4v) is 1.65. The third-order valence-electron chi connectivity index (χ3n) is 2.65. The summed E-state index contributed by atoms with van der Waals surface area (Å²) in [5.41, 5.74) is 2.01. The van der Waals surface area contributed by atoms with Gasteiger partial charge in [-0.1, -0.05) is 29.4 Å². The van der Waals surface area contributed by atoms with Gasteiger partial charge in [0.1, 0.15) is 0 Å². The van der Waals surface area contributed by atoms with Crippen LogP contribution in [0.1, 0.15) is 17.9 Å². The molecular weight excluding hydrogens is 246 g/mol. The minimum atomic E-state index is -0.835. The van der Waals surface area contributed by atoms with Crippen LogP contribution in [0.15, 0.2) is 28.8 Å².